The SMILES string of the molecule is CCOC(=O)N1CCN(C(=O)CN2C(=O)NC(C)(c3ccc(C(C)(C)C)cc3)C2=O)CC1. The minimum Gasteiger partial charge on any atom is -0.450 e. The van der Waals surface area contributed by atoms with Crippen molar-refractivity contribution in [3.05, 3.63) is 35.4 Å². The zero-order chi connectivity index (χ0) is 23.7. The van der Waals surface area contributed by atoms with Gasteiger partial charge in [-0.25, -0.2) is 9.59 Å². The van der Waals surface area contributed by atoms with Crippen LogP contribution >= 0.6 is 0 Å². The normalized spacial score (nSPS) is 21.6. The molecule has 0 saturated carbocycles. The molecule has 2 heterocycles. The number of nitrogens with zero attached hydrogens (tertiary/aromatic N) is 3. The molecule has 2 fully saturated rings. The number of urea groups is 1. The Balaban J connectivity index is 1.65. The standard InChI is InChI=1S/C23H32N4O5/c1-6-32-21(31)26-13-11-25(12-14-26)18(28)15-27-19(29)23(5,24-20(27)30)17-9-7-16(8-10-17)22(2,3)4/h7-10H,6,11-15H2,1-5H3,(H,24,30). The van der Waals surface area contributed by atoms with E-state index in [-0.39, 0.29) is 17.9 Å². The van der Waals surface area contributed by atoms with Crippen LogP contribution in [0.15, 0.2) is 24.3 Å². The van der Waals surface area contributed by atoms with Crippen molar-refractivity contribution in [2.45, 2.75) is 45.6 Å². The van der Waals surface area contributed by atoms with E-state index in [0.717, 1.165) is 10.5 Å². The summed E-state index contributed by atoms with van der Waals surface area (Å²) in [5, 5.41) is 2.75. The lowest BCUT2D eigenvalue weighted by atomic mass is 9.84. The maximum absolute atomic E-state index is 13.2. The topological polar surface area (TPSA) is 99.3 Å². The van der Waals surface area contributed by atoms with Crippen molar-refractivity contribution in [3.63, 3.8) is 0 Å². The van der Waals surface area contributed by atoms with Gasteiger partial charge in [0.25, 0.3) is 5.91 Å². The van der Waals surface area contributed by atoms with Crippen LogP contribution in [0.4, 0.5) is 9.59 Å². The molecule has 5 amide bonds. The van der Waals surface area contributed by atoms with E-state index in [9.17, 15) is 19.2 Å². The molecule has 0 aliphatic carbocycles. The predicted molar refractivity (Wildman–Crippen MR) is 118 cm³/mol. The molecule has 32 heavy (non-hydrogen) atoms. The van der Waals surface area contributed by atoms with Gasteiger partial charge in [0.1, 0.15) is 12.1 Å². The summed E-state index contributed by atoms with van der Waals surface area (Å²) in [7, 11) is 0. The lowest BCUT2D eigenvalue weighted by Crippen LogP contribution is -2.53. The highest BCUT2D eigenvalue weighted by atomic mass is 16.6. The Morgan fingerprint density at radius 3 is 2.12 bits per heavy atom. The number of benzene rings is 1. The fourth-order valence-corrected chi connectivity index (χ4v) is 3.93. The number of hydrogen-bond donors (Lipinski definition) is 1. The molecule has 1 aromatic rings. The molecule has 1 aromatic carbocycles. The lowest BCUT2D eigenvalue weighted by molar-refractivity contribution is -0.139. The summed E-state index contributed by atoms with van der Waals surface area (Å²) < 4.78 is 4.98. The minimum atomic E-state index is -1.23. The van der Waals surface area contributed by atoms with E-state index in [1.54, 1.807) is 23.6 Å². The van der Waals surface area contributed by atoms with Crippen molar-refractivity contribution < 1.29 is 23.9 Å². The second-order valence-electron chi connectivity index (χ2n) is 9.34. The van der Waals surface area contributed by atoms with Gasteiger partial charge in [0, 0.05) is 26.2 Å². The Hall–Kier alpha value is -3.10. The Morgan fingerprint density at radius 2 is 1.59 bits per heavy atom. The highest BCUT2D eigenvalue weighted by Crippen LogP contribution is 2.31. The van der Waals surface area contributed by atoms with Gasteiger partial charge in [-0.05, 0) is 30.4 Å². The summed E-state index contributed by atoms with van der Waals surface area (Å²) in [5.41, 5.74) is 0.534. The highest BCUT2D eigenvalue weighted by Gasteiger charge is 2.49. The molecule has 0 spiro atoms. The third-order valence-corrected chi connectivity index (χ3v) is 6.06. The van der Waals surface area contributed by atoms with Gasteiger partial charge in [-0.15, -0.1) is 0 Å². The molecule has 9 nitrogen and oxygen atoms in total. The van der Waals surface area contributed by atoms with Crippen molar-refractivity contribution >= 4 is 23.9 Å². The molecular weight excluding hydrogens is 412 g/mol. The summed E-state index contributed by atoms with van der Waals surface area (Å²) in [6, 6.07) is 7.02. The third kappa shape index (κ3) is 4.56. The monoisotopic (exact) mass is 444 g/mol. The summed E-state index contributed by atoms with van der Waals surface area (Å²) in [4.78, 5) is 54.4. The minimum absolute atomic E-state index is 0.0296. The molecule has 2 aliphatic heterocycles. The van der Waals surface area contributed by atoms with Gasteiger partial charge < -0.3 is 19.9 Å². The molecule has 0 radical (unpaired) electrons. The van der Waals surface area contributed by atoms with Gasteiger partial charge >= 0.3 is 12.1 Å². The smallest absolute Gasteiger partial charge is 0.409 e. The Bertz CT molecular complexity index is 900. The number of rotatable bonds is 4. The first kappa shape index (κ1) is 23.6. The first-order valence-corrected chi connectivity index (χ1v) is 10.9. The van der Waals surface area contributed by atoms with Crippen LogP contribution in [-0.4, -0.2) is 78.0 Å². The van der Waals surface area contributed by atoms with Crippen LogP contribution in [0.3, 0.4) is 0 Å². The van der Waals surface area contributed by atoms with Crippen molar-refractivity contribution in [2.75, 3.05) is 39.3 Å². The van der Waals surface area contributed by atoms with Crippen molar-refractivity contribution in [1.29, 1.82) is 0 Å². The van der Waals surface area contributed by atoms with Gasteiger partial charge in [-0.2, -0.15) is 0 Å². The van der Waals surface area contributed by atoms with Crippen LogP contribution in [0, 0.1) is 0 Å². The molecule has 1 unspecified atom stereocenters. The van der Waals surface area contributed by atoms with Crippen LogP contribution in [0.1, 0.15) is 45.7 Å². The fraction of sp³-hybridized carbons (Fsp3) is 0.565. The van der Waals surface area contributed by atoms with Crippen LogP contribution in [0.5, 0.6) is 0 Å². The van der Waals surface area contributed by atoms with Gasteiger partial charge in [-0.3, -0.25) is 14.5 Å². The second kappa shape index (κ2) is 8.80. The summed E-state index contributed by atoms with van der Waals surface area (Å²) in [5.74, 6) is -0.783. The first-order chi connectivity index (χ1) is 15.0. The first-order valence-electron chi connectivity index (χ1n) is 10.9. The molecule has 3 rings (SSSR count). The van der Waals surface area contributed by atoms with Gasteiger partial charge in [0.05, 0.1) is 6.61 Å². The van der Waals surface area contributed by atoms with Crippen molar-refractivity contribution in [1.82, 2.24) is 20.0 Å². The number of carbonyl (C=O) groups is 4. The van der Waals surface area contributed by atoms with E-state index < -0.39 is 23.6 Å². The van der Waals surface area contributed by atoms with E-state index in [4.69, 9.17) is 4.74 Å². The van der Waals surface area contributed by atoms with Crippen LogP contribution in [-0.2, 0) is 25.3 Å². The number of nitrogens with one attached hydrogen (secondary N) is 1. The van der Waals surface area contributed by atoms with E-state index in [2.05, 4.69) is 26.1 Å². The molecule has 174 valence electrons. The molecule has 0 aromatic heterocycles. The molecule has 2 aliphatic rings. The number of ether oxygens (including phenoxy) is 1. The second-order valence-corrected chi connectivity index (χ2v) is 9.34. The molecule has 1 atom stereocenters. The lowest BCUT2D eigenvalue weighted by Gasteiger charge is -2.34. The fourth-order valence-electron chi connectivity index (χ4n) is 3.93. The third-order valence-electron chi connectivity index (χ3n) is 6.06. The number of hydrogen-bond acceptors (Lipinski definition) is 5. The predicted octanol–water partition coefficient (Wildman–Crippen LogP) is 2.05. The quantitative estimate of drug-likeness (QED) is 0.717. The van der Waals surface area contributed by atoms with Gasteiger partial charge in [-0.1, -0.05) is 45.0 Å². The number of amides is 5. The van der Waals surface area contributed by atoms with E-state index >= 15 is 0 Å². The molecular formula is C23H32N4O5. The average molecular weight is 445 g/mol. The zero-order valence-electron chi connectivity index (χ0n) is 19.4. The van der Waals surface area contributed by atoms with Crippen molar-refractivity contribution in [2.24, 2.45) is 0 Å². The number of carbonyl (C=O) groups excluding carboxylic acids is 4. The summed E-state index contributed by atoms with van der Waals surface area (Å²) >= 11 is 0. The highest BCUT2D eigenvalue weighted by molar-refractivity contribution is 6.09. The maximum atomic E-state index is 13.2. The molecule has 2 saturated heterocycles. The van der Waals surface area contributed by atoms with Gasteiger partial charge in [0.2, 0.25) is 5.91 Å². The van der Waals surface area contributed by atoms with E-state index in [1.165, 1.54) is 0 Å². The van der Waals surface area contributed by atoms with Crippen LogP contribution in [0.25, 0.3) is 0 Å². The largest absolute Gasteiger partial charge is 0.450 e. The summed E-state index contributed by atoms with van der Waals surface area (Å²) in [6.45, 7) is 11.0. The molecule has 9 heteroatoms. The van der Waals surface area contributed by atoms with Gasteiger partial charge in [0.15, 0.2) is 0 Å². The Morgan fingerprint density at radius 1 is 1.03 bits per heavy atom. The summed E-state index contributed by atoms with van der Waals surface area (Å²) in [6.07, 6.45) is -0.401. The zero-order valence-corrected chi connectivity index (χ0v) is 19.4. The number of imide groups is 1. The maximum Gasteiger partial charge on any atom is 0.409 e. The average Bonchev–Trinajstić information content (AvgIpc) is 2.97. The van der Waals surface area contributed by atoms with E-state index in [0.29, 0.717) is 38.3 Å². The van der Waals surface area contributed by atoms with Crippen molar-refractivity contribution in [3.8, 4) is 0 Å². The Kier molecular flexibility index (Phi) is 6.48. The van der Waals surface area contributed by atoms with E-state index in [1.807, 2.05) is 24.3 Å². The Labute approximate surface area is 188 Å². The van der Waals surface area contributed by atoms with Crippen LogP contribution < -0.4 is 5.32 Å². The van der Waals surface area contributed by atoms with Crippen LogP contribution in [0.2, 0.25) is 0 Å². The number of piperazine rings is 1. The molecule has 1 N–H and O–H groups in total. The molecule has 0 bridgehead atoms.